The van der Waals surface area contributed by atoms with E-state index in [4.69, 9.17) is 4.98 Å². The minimum Gasteiger partial charge on any atom is -0.353 e. The Morgan fingerprint density at radius 2 is 1.83 bits per heavy atom. The fourth-order valence-corrected chi connectivity index (χ4v) is 4.22. The highest BCUT2D eigenvalue weighted by atomic mass is 32.1. The van der Waals surface area contributed by atoms with E-state index in [0.717, 1.165) is 49.5 Å². The number of rotatable bonds is 3. The molecule has 6 rings (SSSR count). The average Bonchev–Trinajstić information content (AvgIpc) is 3.51. The van der Waals surface area contributed by atoms with Crippen LogP contribution in [-0.2, 0) is 0 Å². The Kier molecular flexibility index (Phi) is 3.68. The lowest BCUT2D eigenvalue weighted by Crippen LogP contribution is -1.89. The molecule has 0 amide bonds. The van der Waals surface area contributed by atoms with E-state index < -0.39 is 0 Å². The van der Waals surface area contributed by atoms with Gasteiger partial charge in [0, 0.05) is 29.5 Å². The van der Waals surface area contributed by atoms with Crippen LogP contribution in [0.2, 0.25) is 0 Å². The molecule has 0 aliphatic rings. The third-order valence-corrected chi connectivity index (χ3v) is 5.72. The lowest BCUT2D eigenvalue weighted by atomic mass is 10.2. The molecular weight excluding hydrogens is 401 g/mol. The van der Waals surface area contributed by atoms with Gasteiger partial charge in [-0.3, -0.25) is 20.1 Å². The summed E-state index contributed by atoms with van der Waals surface area (Å²) in [5.41, 5.74) is 6.06. The van der Waals surface area contributed by atoms with Gasteiger partial charge in [-0.25, -0.2) is 4.98 Å². The molecule has 0 radical (unpaired) electrons. The van der Waals surface area contributed by atoms with Gasteiger partial charge >= 0.3 is 0 Å². The van der Waals surface area contributed by atoms with Crippen LogP contribution < -0.4 is 0 Å². The first-order valence-electron chi connectivity index (χ1n) is 9.11. The zero-order valence-electron chi connectivity index (χ0n) is 15.3. The molecule has 0 bridgehead atoms. The van der Waals surface area contributed by atoms with Crippen LogP contribution in [0.5, 0.6) is 0 Å². The minimum absolute atomic E-state index is 0.237. The van der Waals surface area contributed by atoms with E-state index in [1.165, 1.54) is 6.07 Å². The molecule has 0 spiro atoms. The van der Waals surface area contributed by atoms with Gasteiger partial charge in [-0.05, 0) is 36.4 Å². The number of hydrogen-bond acceptors (Lipinski definition) is 6. The SMILES string of the molecule is Fc1ccc(-c2nccc3[nH]c(-c4n[nH]c5ccc(-c6cnccn6)nc45)cc23)s1. The van der Waals surface area contributed by atoms with E-state index in [0.29, 0.717) is 17.1 Å². The van der Waals surface area contributed by atoms with Crippen molar-refractivity contribution >= 4 is 33.3 Å². The maximum atomic E-state index is 13.5. The van der Waals surface area contributed by atoms with Gasteiger partial charge in [0.25, 0.3) is 0 Å². The molecule has 0 saturated heterocycles. The predicted molar refractivity (Wildman–Crippen MR) is 113 cm³/mol. The maximum Gasteiger partial charge on any atom is 0.177 e. The number of hydrogen-bond donors (Lipinski definition) is 2. The monoisotopic (exact) mass is 413 g/mol. The second kappa shape index (κ2) is 6.53. The number of nitrogens with zero attached hydrogens (tertiary/aromatic N) is 5. The Labute approximate surface area is 172 Å². The molecule has 6 aromatic rings. The average molecular weight is 413 g/mol. The first-order chi connectivity index (χ1) is 14.8. The lowest BCUT2D eigenvalue weighted by molar-refractivity contribution is 0.657. The smallest absolute Gasteiger partial charge is 0.177 e. The van der Waals surface area contributed by atoms with E-state index in [-0.39, 0.29) is 5.13 Å². The van der Waals surface area contributed by atoms with E-state index in [9.17, 15) is 4.39 Å². The topological polar surface area (TPSA) is 96.0 Å². The summed E-state index contributed by atoms with van der Waals surface area (Å²) in [4.78, 5) is 21.8. The van der Waals surface area contributed by atoms with Crippen molar-refractivity contribution in [2.24, 2.45) is 0 Å². The van der Waals surface area contributed by atoms with Crippen molar-refractivity contribution in [3.05, 3.63) is 66.3 Å². The van der Waals surface area contributed by atoms with E-state index in [2.05, 4.69) is 30.1 Å². The number of fused-ring (bicyclic) bond motifs is 2. The van der Waals surface area contributed by atoms with Gasteiger partial charge in [0.1, 0.15) is 16.9 Å². The fraction of sp³-hybridized carbons (Fsp3) is 0. The third-order valence-electron chi connectivity index (χ3n) is 4.84. The summed E-state index contributed by atoms with van der Waals surface area (Å²) in [6, 6.07) is 10.9. The number of nitrogens with one attached hydrogen (secondary N) is 2. The standard InChI is InChI=1S/C21H12FN7S/c22-18-4-3-17(30-18)19-11-9-15(26-12(11)5-6-25-19)21-20-14(28-29-21)2-1-13(27-20)16-10-23-7-8-24-16/h1-10,26H,(H,28,29). The highest BCUT2D eigenvalue weighted by molar-refractivity contribution is 7.13. The quantitative estimate of drug-likeness (QED) is 0.433. The molecule has 7 nitrogen and oxygen atoms in total. The summed E-state index contributed by atoms with van der Waals surface area (Å²) in [7, 11) is 0. The van der Waals surface area contributed by atoms with Crippen LogP contribution in [0.1, 0.15) is 0 Å². The molecule has 0 fully saturated rings. The Morgan fingerprint density at radius 3 is 2.67 bits per heavy atom. The largest absolute Gasteiger partial charge is 0.353 e. The van der Waals surface area contributed by atoms with E-state index >= 15 is 0 Å². The van der Waals surface area contributed by atoms with Crippen molar-refractivity contribution in [2.45, 2.75) is 0 Å². The second-order valence-electron chi connectivity index (χ2n) is 6.66. The van der Waals surface area contributed by atoms with Gasteiger partial charge in [0.2, 0.25) is 0 Å². The molecule has 0 aromatic carbocycles. The van der Waals surface area contributed by atoms with Gasteiger partial charge in [0.05, 0.1) is 33.7 Å². The van der Waals surface area contributed by atoms with Crippen molar-refractivity contribution < 1.29 is 4.39 Å². The second-order valence-corrected chi connectivity index (χ2v) is 7.70. The van der Waals surface area contributed by atoms with Crippen LogP contribution >= 0.6 is 11.3 Å². The molecule has 2 N–H and O–H groups in total. The molecule has 0 saturated carbocycles. The van der Waals surface area contributed by atoms with Crippen molar-refractivity contribution in [2.75, 3.05) is 0 Å². The molecule has 9 heteroatoms. The molecule has 0 aliphatic heterocycles. The summed E-state index contributed by atoms with van der Waals surface area (Å²) in [6.45, 7) is 0. The van der Waals surface area contributed by atoms with Gasteiger partial charge in [0.15, 0.2) is 5.13 Å². The van der Waals surface area contributed by atoms with Crippen LogP contribution in [0.3, 0.4) is 0 Å². The highest BCUT2D eigenvalue weighted by Crippen LogP contribution is 2.35. The first-order valence-corrected chi connectivity index (χ1v) is 9.93. The van der Waals surface area contributed by atoms with Crippen molar-refractivity contribution in [1.82, 2.24) is 35.1 Å². The number of H-pyrrole nitrogens is 2. The van der Waals surface area contributed by atoms with Crippen LogP contribution in [0, 0.1) is 5.13 Å². The van der Waals surface area contributed by atoms with Crippen molar-refractivity contribution in [3.63, 3.8) is 0 Å². The minimum atomic E-state index is -0.237. The van der Waals surface area contributed by atoms with Gasteiger partial charge in [-0.15, -0.1) is 11.3 Å². The fourth-order valence-electron chi connectivity index (χ4n) is 3.48. The summed E-state index contributed by atoms with van der Waals surface area (Å²) in [5, 5.41) is 8.16. The molecule has 144 valence electrons. The molecule has 6 heterocycles. The third kappa shape index (κ3) is 2.67. The van der Waals surface area contributed by atoms with E-state index in [1.807, 2.05) is 24.3 Å². The summed E-state index contributed by atoms with van der Waals surface area (Å²) in [6.07, 6.45) is 6.65. The molecule has 6 aromatic heterocycles. The molecular formula is C21H12FN7S. The Bertz CT molecular complexity index is 1520. The van der Waals surface area contributed by atoms with Crippen LogP contribution in [-0.4, -0.2) is 35.1 Å². The number of halogens is 1. The Balaban J connectivity index is 1.52. The zero-order chi connectivity index (χ0) is 20.1. The normalized spacial score (nSPS) is 11.5. The van der Waals surface area contributed by atoms with Gasteiger partial charge < -0.3 is 4.98 Å². The van der Waals surface area contributed by atoms with Gasteiger partial charge in [-0.1, -0.05) is 0 Å². The number of aromatic amines is 2. The zero-order valence-corrected chi connectivity index (χ0v) is 16.1. The number of aromatic nitrogens is 7. The maximum absolute atomic E-state index is 13.5. The number of thiophene rings is 1. The van der Waals surface area contributed by atoms with Crippen molar-refractivity contribution in [3.8, 4) is 33.3 Å². The van der Waals surface area contributed by atoms with Crippen LogP contribution in [0.25, 0.3) is 55.3 Å². The van der Waals surface area contributed by atoms with Crippen molar-refractivity contribution in [1.29, 1.82) is 0 Å². The van der Waals surface area contributed by atoms with Crippen LogP contribution in [0.15, 0.2) is 61.2 Å². The van der Waals surface area contributed by atoms with Gasteiger partial charge in [-0.2, -0.15) is 9.49 Å². The summed E-state index contributed by atoms with van der Waals surface area (Å²) >= 11 is 1.07. The Hall–Kier alpha value is -3.98. The van der Waals surface area contributed by atoms with Crippen LogP contribution in [0.4, 0.5) is 4.39 Å². The number of pyridine rings is 2. The summed E-state index contributed by atoms with van der Waals surface area (Å²) in [5.74, 6) is 0. The first kappa shape index (κ1) is 16.9. The highest BCUT2D eigenvalue weighted by Gasteiger charge is 2.16. The predicted octanol–water partition coefficient (Wildman–Crippen LogP) is 4.83. The lowest BCUT2D eigenvalue weighted by Gasteiger charge is -1.99. The molecule has 0 atom stereocenters. The molecule has 30 heavy (non-hydrogen) atoms. The summed E-state index contributed by atoms with van der Waals surface area (Å²) < 4.78 is 13.5. The molecule has 0 aliphatic carbocycles. The van der Waals surface area contributed by atoms with E-state index in [1.54, 1.807) is 30.9 Å². The molecule has 0 unspecified atom stereocenters. The Morgan fingerprint density at radius 1 is 0.867 bits per heavy atom.